The van der Waals surface area contributed by atoms with Gasteiger partial charge in [-0.3, -0.25) is 29.4 Å². The fourth-order valence-corrected chi connectivity index (χ4v) is 4.39. The Bertz CT molecular complexity index is 1110. The zero-order chi connectivity index (χ0) is 21.2. The quantitative estimate of drug-likeness (QED) is 0.703. The predicted molar refractivity (Wildman–Crippen MR) is 103 cm³/mol. The van der Waals surface area contributed by atoms with E-state index in [1.807, 2.05) is 20.0 Å². The molecule has 1 aromatic heterocycles. The Labute approximate surface area is 171 Å². The van der Waals surface area contributed by atoms with Crippen molar-refractivity contribution in [1.29, 1.82) is 0 Å². The van der Waals surface area contributed by atoms with Crippen LogP contribution in [0, 0.1) is 5.92 Å². The Balaban J connectivity index is 1.42. The van der Waals surface area contributed by atoms with E-state index in [4.69, 9.17) is 0 Å². The first-order valence-electron chi connectivity index (χ1n) is 9.83. The van der Waals surface area contributed by atoms with Gasteiger partial charge in [-0.1, -0.05) is 11.3 Å². The van der Waals surface area contributed by atoms with Crippen molar-refractivity contribution in [3.8, 4) is 0 Å². The van der Waals surface area contributed by atoms with E-state index >= 15 is 0 Å². The van der Waals surface area contributed by atoms with E-state index in [-0.39, 0.29) is 41.8 Å². The molecule has 0 spiro atoms. The largest absolute Gasteiger partial charge is 0.379 e. The van der Waals surface area contributed by atoms with Crippen LogP contribution in [-0.2, 0) is 16.1 Å². The summed E-state index contributed by atoms with van der Waals surface area (Å²) >= 11 is 0. The van der Waals surface area contributed by atoms with Crippen molar-refractivity contribution in [2.24, 2.45) is 5.92 Å². The monoisotopic (exact) mass is 408 g/mol. The lowest BCUT2D eigenvalue weighted by Crippen LogP contribution is -2.74. The first-order chi connectivity index (χ1) is 14.3. The summed E-state index contributed by atoms with van der Waals surface area (Å²) in [5.74, 6) is -2.29. The molecule has 1 aliphatic carbocycles. The van der Waals surface area contributed by atoms with Gasteiger partial charge in [-0.05, 0) is 38.8 Å². The molecule has 3 aliphatic heterocycles. The number of benzene rings is 1. The number of hydrogen-bond acceptors (Lipinski definition) is 7. The number of carbonyl (C=O) groups excluding carboxylic acids is 4. The molecule has 2 aromatic rings. The molecule has 0 atom stereocenters. The van der Waals surface area contributed by atoms with E-state index in [0.717, 1.165) is 4.90 Å². The average molecular weight is 408 g/mol. The van der Waals surface area contributed by atoms with E-state index < -0.39 is 23.3 Å². The van der Waals surface area contributed by atoms with E-state index in [2.05, 4.69) is 20.9 Å². The number of fused-ring (bicyclic) bond motifs is 3. The number of amides is 4. The molecule has 3 fully saturated rings. The van der Waals surface area contributed by atoms with Crippen LogP contribution in [-0.4, -0.2) is 49.1 Å². The number of imide groups is 2. The maximum atomic E-state index is 13.3. The van der Waals surface area contributed by atoms with Crippen molar-refractivity contribution in [1.82, 2.24) is 25.2 Å². The van der Waals surface area contributed by atoms with Crippen molar-refractivity contribution in [3.05, 3.63) is 41.2 Å². The lowest BCUT2D eigenvalue weighted by atomic mass is 9.63. The fraction of sp³-hybridized carbons (Fsp3) is 0.400. The van der Waals surface area contributed by atoms with Crippen LogP contribution in [0.25, 0.3) is 0 Å². The number of anilines is 1. The van der Waals surface area contributed by atoms with E-state index in [1.54, 1.807) is 22.9 Å². The number of aromatic nitrogens is 3. The van der Waals surface area contributed by atoms with Crippen LogP contribution in [0.5, 0.6) is 0 Å². The SMILES string of the molecule is CC(C)n1cc(CNc2cccc3c2C(=O)N(C24CC(C2)C(=O)NC4=O)C3=O)nn1. The lowest BCUT2D eigenvalue weighted by Gasteiger charge is -2.52. The maximum Gasteiger partial charge on any atom is 0.264 e. The summed E-state index contributed by atoms with van der Waals surface area (Å²) in [6, 6.07) is 5.16. The highest BCUT2D eigenvalue weighted by atomic mass is 16.2. The summed E-state index contributed by atoms with van der Waals surface area (Å²) in [4.78, 5) is 51.6. The van der Waals surface area contributed by atoms with Gasteiger partial charge in [0.2, 0.25) is 5.91 Å². The fourth-order valence-electron chi connectivity index (χ4n) is 4.39. The van der Waals surface area contributed by atoms with Gasteiger partial charge in [0.25, 0.3) is 17.7 Å². The van der Waals surface area contributed by atoms with Crippen molar-refractivity contribution >= 4 is 29.3 Å². The van der Waals surface area contributed by atoms with Gasteiger partial charge in [0.05, 0.1) is 23.9 Å². The minimum Gasteiger partial charge on any atom is -0.379 e. The third kappa shape index (κ3) is 2.42. The molecule has 154 valence electrons. The topological polar surface area (TPSA) is 126 Å². The summed E-state index contributed by atoms with van der Waals surface area (Å²) in [6.07, 6.45) is 2.19. The molecular weight excluding hydrogens is 388 g/mol. The van der Waals surface area contributed by atoms with Crippen molar-refractivity contribution in [2.45, 2.75) is 44.8 Å². The van der Waals surface area contributed by atoms with E-state index in [9.17, 15) is 19.2 Å². The average Bonchev–Trinajstić information content (AvgIpc) is 3.24. The maximum absolute atomic E-state index is 13.3. The number of nitrogens with one attached hydrogen (secondary N) is 2. The highest BCUT2D eigenvalue weighted by Gasteiger charge is 2.65. The van der Waals surface area contributed by atoms with Gasteiger partial charge in [0.15, 0.2) is 0 Å². The summed E-state index contributed by atoms with van der Waals surface area (Å²) in [5, 5.41) is 13.6. The molecule has 2 bridgehead atoms. The van der Waals surface area contributed by atoms with E-state index in [0.29, 0.717) is 17.9 Å². The molecule has 0 radical (unpaired) electrons. The highest BCUT2D eigenvalue weighted by Crippen LogP contribution is 2.49. The van der Waals surface area contributed by atoms with Crippen LogP contribution in [0.3, 0.4) is 0 Å². The summed E-state index contributed by atoms with van der Waals surface area (Å²) in [7, 11) is 0. The molecule has 1 saturated carbocycles. The molecule has 0 unspecified atom stereocenters. The van der Waals surface area contributed by atoms with Gasteiger partial charge in [0.1, 0.15) is 11.2 Å². The van der Waals surface area contributed by atoms with Gasteiger partial charge in [0, 0.05) is 17.6 Å². The van der Waals surface area contributed by atoms with Crippen molar-refractivity contribution < 1.29 is 19.2 Å². The smallest absolute Gasteiger partial charge is 0.264 e. The Hall–Kier alpha value is -3.56. The highest BCUT2D eigenvalue weighted by molar-refractivity contribution is 6.26. The van der Waals surface area contributed by atoms with Gasteiger partial charge < -0.3 is 5.32 Å². The van der Waals surface area contributed by atoms with Crippen LogP contribution >= 0.6 is 0 Å². The second-order valence-electron chi connectivity index (χ2n) is 8.27. The second-order valence-corrected chi connectivity index (χ2v) is 8.27. The van der Waals surface area contributed by atoms with Gasteiger partial charge in [-0.15, -0.1) is 5.10 Å². The summed E-state index contributed by atoms with van der Waals surface area (Å²) in [5.41, 5.74) is 0.399. The number of carbonyl (C=O) groups is 4. The minimum absolute atomic E-state index is 0.180. The molecule has 4 amide bonds. The predicted octanol–water partition coefficient (Wildman–Crippen LogP) is 0.872. The Morgan fingerprint density at radius 3 is 2.63 bits per heavy atom. The van der Waals surface area contributed by atoms with Crippen LogP contribution in [0.1, 0.15) is 59.1 Å². The first kappa shape index (κ1) is 18.5. The summed E-state index contributed by atoms with van der Waals surface area (Å²) in [6.45, 7) is 4.31. The molecular formula is C20H20N6O4. The lowest BCUT2D eigenvalue weighted by molar-refractivity contribution is -0.158. The normalized spacial score (nSPS) is 24.8. The zero-order valence-corrected chi connectivity index (χ0v) is 16.5. The van der Waals surface area contributed by atoms with Crippen molar-refractivity contribution in [2.75, 3.05) is 5.32 Å². The third-order valence-corrected chi connectivity index (χ3v) is 6.09. The molecule has 30 heavy (non-hydrogen) atoms. The number of hydrogen-bond donors (Lipinski definition) is 2. The van der Waals surface area contributed by atoms with E-state index in [1.165, 1.54) is 0 Å². The standard InChI is InChI=1S/C20H20N6O4/c1-10(2)25-9-12(23-24-25)8-21-14-5-3-4-13-15(14)18(29)26(17(13)28)20-6-11(7-20)16(27)22-19(20)30/h3-5,9-11,21H,6-8H2,1-2H3,(H,22,27,30). The van der Waals surface area contributed by atoms with Crippen LogP contribution in [0.15, 0.2) is 24.4 Å². The van der Waals surface area contributed by atoms with Gasteiger partial charge in [-0.25, -0.2) is 4.68 Å². The van der Waals surface area contributed by atoms with Crippen LogP contribution in [0.4, 0.5) is 5.69 Å². The Morgan fingerprint density at radius 1 is 1.20 bits per heavy atom. The summed E-state index contributed by atoms with van der Waals surface area (Å²) < 4.78 is 1.73. The Morgan fingerprint density at radius 2 is 1.97 bits per heavy atom. The third-order valence-electron chi connectivity index (χ3n) is 6.09. The number of rotatable bonds is 5. The van der Waals surface area contributed by atoms with Crippen LogP contribution < -0.4 is 10.6 Å². The zero-order valence-electron chi connectivity index (χ0n) is 16.5. The molecule has 10 heteroatoms. The van der Waals surface area contributed by atoms with Crippen LogP contribution in [0.2, 0.25) is 0 Å². The molecule has 2 saturated heterocycles. The molecule has 10 nitrogen and oxygen atoms in total. The Kier molecular flexibility index (Phi) is 3.83. The number of piperidine rings is 2. The minimum atomic E-state index is -1.27. The second kappa shape index (κ2) is 6.22. The molecule has 4 aliphatic rings. The molecule has 6 rings (SSSR count). The molecule has 1 aromatic carbocycles. The van der Waals surface area contributed by atoms with Crippen molar-refractivity contribution in [3.63, 3.8) is 0 Å². The van der Waals surface area contributed by atoms with Gasteiger partial charge >= 0.3 is 0 Å². The molecule has 2 N–H and O–H groups in total. The number of nitrogens with zero attached hydrogens (tertiary/aromatic N) is 4. The molecule has 4 heterocycles. The van der Waals surface area contributed by atoms with Gasteiger partial charge in [-0.2, -0.15) is 0 Å². The first-order valence-corrected chi connectivity index (χ1v) is 9.83.